The number of hydrogen-bond acceptors (Lipinski definition) is 8. The molecule has 0 amide bonds. The van der Waals surface area contributed by atoms with E-state index in [1.807, 2.05) is 0 Å². The fourth-order valence-electron chi connectivity index (χ4n) is 6.10. The summed E-state index contributed by atoms with van der Waals surface area (Å²) in [5.41, 5.74) is 0. The molecule has 0 unspecified atom stereocenters. The van der Waals surface area contributed by atoms with Crippen molar-refractivity contribution in [3.63, 3.8) is 0 Å². The van der Waals surface area contributed by atoms with Crippen LogP contribution in [0.1, 0.15) is 96.8 Å². The number of ether oxygens (including phenoxy) is 1. The molecule has 0 fully saturated rings. The molecular formula is C34H42Na3O11S3. The number of rotatable bonds is 19. The fraction of sp³-hybridized carbons (Fsp3) is 0.441. The minimum Gasteiger partial charge on any atom is -0.426 e. The Hall–Kier alpha value is -0.140. The molecule has 0 saturated heterocycles. The predicted molar refractivity (Wildman–Crippen MR) is 202 cm³/mol. The number of carbonyl (C=O) groups excluding carboxylic acids is 1. The minimum atomic E-state index is -5.04. The molecule has 4 aromatic carbocycles. The first-order valence-electron chi connectivity index (χ1n) is 16.2. The first kappa shape index (κ1) is 48.9. The largest absolute Gasteiger partial charge is 0.426 e. The van der Waals surface area contributed by atoms with Crippen LogP contribution in [0.5, 0.6) is 5.75 Å². The van der Waals surface area contributed by atoms with E-state index in [1.54, 1.807) is 0 Å². The van der Waals surface area contributed by atoms with Crippen molar-refractivity contribution in [3.8, 4) is 5.75 Å². The molecule has 0 bridgehead atoms. The number of unbranched alkanes of at least 4 members (excludes halogenated alkanes) is 11. The zero-order valence-electron chi connectivity index (χ0n) is 29.9. The van der Waals surface area contributed by atoms with Crippen molar-refractivity contribution in [3.05, 3.63) is 48.6 Å². The van der Waals surface area contributed by atoms with E-state index in [9.17, 15) is 43.7 Å². The summed E-state index contributed by atoms with van der Waals surface area (Å²) in [6, 6.07) is 6.49. The van der Waals surface area contributed by atoms with Gasteiger partial charge in [0.2, 0.25) is 0 Å². The van der Waals surface area contributed by atoms with Gasteiger partial charge in [-0.1, -0.05) is 88.6 Å². The maximum atomic E-state index is 12.9. The molecule has 0 saturated carbocycles. The molecule has 265 valence electrons. The molecule has 51 heavy (non-hydrogen) atoms. The van der Waals surface area contributed by atoms with Crippen LogP contribution < -0.4 is 4.74 Å². The Labute approximate surface area is 367 Å². The van der Waals surface area contributed by atoms with E-state index in [4.69, 9.17) is 4.74 Å². The maximum Gasteiger partial charge on any atom is 0.311 e. The van der Waals surface area contributed by atoms with Crippen LogP contribution in [0.25, 0.3) is 32.3 Å². The number of hydrogen-bond donors (Lipinski definition) is 3. The Kier molecular flexibility index (Phi) is 20.9. The molecule has 11 nitrogen and oxygen atoms in total. The SMILES string of the molecule is CCCCCCCCC=CCCCCCCCC(=O)Oc1cc(S(=O)(=O)O)c2ccc3c(S(=O)(=O)O)cc(S(=O)(=O)O)c4ccc1c2c43.[Na].[Na].[Na]. The minimum absolute atomic E-state index is 0. The van der Waals surface area contributed by atoms with Gasteiger partial charge >= 0.3 is 5.97 Å². The van der Waals surface area contributed by atoms with Gasteiger partial charge < -0.3 is 4.74 Å². The van der Waals surface area contributed by atoms with Gasteiger partial charge in [-0.3, -0.25) is 18.5 Å². The second-order valence-corrected chi connectivity index (χ2v) is 16.2. The molecule has 0 heterocycles. The summed E-state index contributed by atoms with van der Waals surface area (Å²) in [6.07, 6.45) is 18.6. The summed E-state index contributed by atoms with van der Waals surface area (Å²) < 4.78 is 109. The van der Waals surface area contributed by atoms with E-state index in [0.29, 0.717) is 12.5 Å². The number of allylic oxidation sites excluding steroid dienone is 2. The molecule has 3 N–H and O–H groups in total. The van der Waals surface area contributed by atoms with Crippen LogP contribution >= 0.6 is 0 Å². The Morgan fingerprint density at radius 3 is 1.39 bits per heavy atom. The van der Waals surface area contributed by atoms with E-state index in [-0.39, 0.29) is 133 Å². The third-order valence-electron chi connectivity index (χ3n) is 8.45. The summed E-state index contributed by atoms with van der Waals surface area (Å²) in [5.74, 6) is -0.922. The standard InChI is InChI=1S/C34H42O11S3.3Na/c1-2-3-4-5-6-7-8-9-10-11-12-13-14-15-16-17-32(35)45-28-22-29(46(36,37)38)25-20-21-27-31(48(42,43)44)23-30(47(39,40)41)26-19-18-24(28)33(25)34(26)27;;;/h9-10,18-23H,2-8,11-17H2,1H3,(H,36,37,38)(H,39,40,41)(H,42,43,44);;;. The van der Waals surface area contributed by atoms with Gasteiger partial charge in [-0.15, -0.1) is 0 Å². The van der Waals surface area contributed by atoms with Crippen LogP contribution in [0.4, 0.5) is 0 Å². The number of benzene rings is 4. The maximum absolute atomic E-state index is 12.9. The molecule has 4 aromatic rings. The summed E-state index contributed by atoms with van der Waals surface area (Å²) in [5, 5.41) is -0.585. The van der Waals surface area contributed by atoms with Crippen molar-refractivity contribution < 1.29 is 48.4 Å². The third kappa shape index (κ3) is 13.2. The summed E-state index contributed by atoms with van der Waals surface area (Å²) in [7, 11) is -15.0. The normalized spacial score (nSPS) is 12.2. The molecule has 17 heteroatoms. The first-order valence-corrected chi connectivity index (χ1v) is 20.5. The van der Waals surface area contributed by atoms with E-state index >= 15 is 0 Å². The van der Waals surface area contributed by atoms with Crippen LogP contribution in [0, 0.1) is 0 Å². The van der Waals surface area contributed by atoms with Gasteiger partial charge in [0.05, 0.1) is 0 Å². The molecule has 0 aliphatic rings. The second kappa shape index (κ2) is 21.8. The van der Waals surface area contributed by atoms with Gasteiger partial charge in [-0.2, -0.15) is 25.3 Å². The molecule has 0 aromatic heterocycles. The Balaban J connectivity index is 0.00000433. The smallest absolute Gasteiger partial charge is 0.311 e. The van der Waals surface area contributed by atoms with E-state index in [2.05, 4.69) is 19.1 Å². The monoisotopic (exact) mass is 791 g/mol. The van der Waals surface area contributed by atoms with Crippen LogP contribution in [0.3, 0.4) is 0 Å². The van der Waals surface area contributed by atoms with Gasteiger partial charge in [0.1, 0.15) is 20.4 Å². The third-order valence-corrected chi connectivity index (χ3v) is 11.1. The van der Waals surface area contributed by atoms with Gasteiger partial charge in [-0.25, -0.2) is 0 Å². The summed E-state index contributed by atoms with van der Waals surface area (Å²) >= 11 is 0. The molecule has 0 aliphatic heterocycles. The Morgan fingerprint density at radius 2 is 0.941 bits per heavy atom. The van der Waals surface area contributed by atoms with E-state index in [1.165, 1.54) is 56.7 Å². The van der Waals surface area contributed by atoms with Crippen molar-refractivity contribution in [2.24, 2.45) is 0 Å². The fourth-order valence-corrected chi connectivity index (χ4v) is 8.31. The van der Waals surface area contributed by atoms with Crippen LogP contribution in [0.15, 0.2) is 63.2 Å². The molecule has 4 rings (SSSR count). The van der Waals surface area contributed by atoms with Crippen LogP contribution in [0.2, 0.25) is 0 Å². The predicted octanol–water partition coefficient (Wildman–Crippen LogP) is 7.12. The van der Waals surface area contributed by atoms with Crippen molar-refractivity contribution in [1.29, 1.82) is 0 Å². The Bertz CT molecular complexity index is 2080. The van der Waals surface area contributed by atoms with Crippen molar-refractivity contribution in [1.82, 2.24) is 0 Å². The van der Waals surface area contributed by atoms with Gasteiger partial charge in [0.15, 0.2) is 0 Å². The summed E-state index contributed by atoms with van der Waals surface area (Å²) in [4.78, 5) is 10.5. The average molecular weight is 792 g/mol. The van der Waals surface area contributed by atoms with Gasteiger partial charge in [0.25, 0.3) is 30.4 Å². The molecule has 3 radical (unpaired) electrons. The molecule has 0 spiro atoms. The van der Waals surface area contributed by atoms with Crippen LogP contribution in [-0.4, -0.2) is 134 Å². The van der Waals surface area contributed by atoms with Crippen LogP contribution in [-0.2, 0) is 35.1 Å². The zero-order chi connectivity index (χ0) is 35.1. The summed E-state index contributed by atoms with van der Waals surface area (Å²) in [6.45, 7) is 2.21. The van der Waals surface area contributed by atoms with Crippen molar-refractivity contribution >= 4 is 157 Å². The quantitative estimate of drug-likeness (QED) is 0.0167. The van der Waals surface area contributed by atoms with E-state index in [0.717, 1.165) is 50.7 Å². The second-order valence-electron chi connectivity index (χ2n) is 12.1. The van der Waals surface area contributed by atoms with Crippen molar-refractivity contribution in [2.75, 3.05) is 0 Å². The van der Waals surface area contributed by atoms with Gasteiger partial charge in [0, 0.05) is 133 Å². The molecule has 0 aliphatic carbocycles. The van der Waals surface area contributed by atoms with Gasteiger partial charge in [-0.05, 0) is 44.2 Å². The van der Waals surface area contributed by atoms with Crippen molar-refractivity contribution in [2.45, 2.75) is 112 Å². The first-order chi connectivity index (χ1) is 22.6. The number of carbonyl (C=O) groups is 1. The van der Waals surface area contributed by atoms with E-state index < -0.39 is 51.0 Å². The zero-order valence-corrected chi connectivity index (χ0v) is 38.3. The average Bonchev–Trinajstić information content (AvgIpc) is 3.00. The molecular weight excluding hydrogens is 750 g/mol. The number of esters is 1. The topological polar surface area (TPSA) is 189 Å². The molecule has 0 atom stereocenters. The Morgan fingerprint density at radius 1 is 0.569 bits per heavy atom.